The van der Waals surface area contributed by atoms with E-state index in [2.05, 4.69) is 0 Å². The van der Waals surface area contributed by atoms with Crippen LogP contribution in [-0.4, -0.2) is 16.3 Å². The average molecular weight is 239 g/mol. The minimum atomic E-state index is -0.351. The Balaban J connectivity index is 2.74. The van der Waals surface area contributed by atoms with Gasteiger partial charge in [0.1, 0.15) is 0 Å². The second kappa shape index (κ2) is 4.09. The van der Waals surface area contributed by atoms with Crippen LogP contribution in [0.1, 0.15) is 17.3 Å². The molecule has 1 aromatic heterocycles. The lowest BCUT2D eigenvalue weighted by atomic mass is 10.1. The van der Waals surface area contributed by atoms with Gasteiger partial charge < -0.3 is 15.4 Å². The second-order valence-electron chi connectivity index (χ2n) is 4.03. The summed E-state index contributed by atoms with van der Waals surface area (Å²) in [6, 6.07) is 5.50. The Bertz CT molecular complexity index is 533. The van der Waals surface area contributed by atoms with Gasteiger partial charge in [0.15, 0.2) is 0 Å². The molecule has 4 heteroatoms. The fourth-order valence-corrected chi connectivity index (χ4v) is 2.25. The van der Waals surface area contributed by atoms with E-state index < -0.39 is 0 Å². The first-order valence-corrected chi connectivity index (χ1v) is 5.55. The third-order valence-electron chi connectivity index (χ3n) is 3.00. The van der Waals surface area contributed by atoms with Crippen LogP contribution < -0.4 is 5.73 Å². The molecule has 0 aliphatic heterocycles. The molecule has 0 fully saturated rings. The summed E-state index contributed by atoms with van der Waals surface area (Å²) in [7, 11) is 1.94. The summed E-state index contributed by atoms with van der Waals surface area (Å²) >= 11 is 6.09. The van der Waals surface area contributed by atoms with Gasteiger partial charge in [-0.15, -0.1) is 0 Å². The van der Waals surface area contributed by atoms with Crippen LogP contribution in [0.2, 0.25) is 5.02 Å². The number of nitrogens with two attached hydrogens (primary N) is 1. The summed E-state index contributed by atoms with van der Waals surface area (Å²) < 4.78 is 2.00. The fraction of sp³-hybridized carbons (Fsp3) is 0.333. The molecule has 0 bridgehead atoms. The molecule has 2 aromatic rings. The van der Waals surface area contributed by atoms with Crippen molar-refractivity contribution in [2.45, 2.75) is 13.0 Å². The van der Waals surface area contributed by atoms with Crippen molar-refractivity contribution >= 4 is 22.5 Å². The van der Waals surface area contributed by atoms with Gasteiger partial charge in [0.25, 0.3) is 0 Å². The van der Waals surface area contributed by atoms with Crippen LogP contribution in [0.25, 0.3) is 10.9 Å². The highest BCUT2D eigenvalue weighted by atomic mass is 35.5. The van der Waals surface area contributed by atoms with Gasteiger partial charge in [0.2, 0.25) is 0 Å². The lowest BCUT2D eigenvalue weighted by Crippen LogP contribution is -2.17. The standard InChI is InChI=1S/C12H15ClN2O/c1-7-9(13)4-3-8-5-11(10(14)6-16)15(2)12(7)8/h3-5,10,16H,6,14H2,1-2H3. The van der Waals surface area contributed by atoms with Crippen molar-refractivity contribution in [3.63, 3.8) is 0 Å². The van der Waals surface area contributed by atoms with Crippen LogP contribution in [0.15, 0.2) is 18.2 Å². The molecular formula is C12H15ClN2O. The normalized spacial score (nSPS) is 13.3. The fourth-order valence-electron chi connectivity index (χ4n) is 2.09. The van der Waals surface area contributed by atoms with Crippen LogP contribution in [0.4, 0.5) is 0 Å². The molecule has 16 heavy (non-hydrogen) atoms. The molecule has 0 aliphatic rings. The first kappa shape index (κ1) is 11.5. The van der Waals surface area contributed by atoms with E-state index in [0.717, 1.165) is 27.2 Å². The van der Waals surface area contributed by atoms with Gasteiger partial charge in [-0.1, -0.05) is 17.7 Å². The SMILES string of the molecule is Cc1c(Cl)ccc2cc(C(N)CO)n(C)c12. The Hall–Kier alpha value is -1.03. The van der Waals surface area contributed by atoms with E-state index in [1.165, 1.54) is 0 Å². The van der Waals surface area contributed by atoms with Gasteiger partial charge in [-0.05, 0) is 24.6 Å². The number of aromatic nitrogens is 1. The number of hydrogen-bond donors (Lipinski definition) is 2. The molecule has 0 saturated heterocycles. The van der Waals surface area contributed by atoms with Crippen molar-refractivity contribution in [1.29, 1.82) is 0 Å². The van der Waals surface area contributed by atoms with E-state index in [0.29, 0.717) is 0 Å². The van der Waals surface area contributed by atoms with Crippen molar-refractivity contribution in [3.8, 4) is 0 Å². The zero-order valence-corrected chi connectivity index (χ0v) is 10.1. The van der Waals surface area contributed by atoms with Gasteiger partial charge in [0, 0.05) is 23.2 Å². The number of aliphatic hydroxyl groups excluding tert-OH is 1. The highest BCUT2D eigenvalue weighted by Gasteiger charge is 2.14. The van der Waals surface area contributed by atoms with Gasteiger partial charge in [-0.25, -0.2) is 0 Å². The molecule has 0 spiro atoms. The minimum absolute atomic E-state index is 0.0586. The van der Waals surface area contributed by atoms with Crippen LogP contribution >= 0.6 is 11.6 Å². The first-order valence-electron chi connectivity index (χ1n) is 5.17. The zero-order valence-electron chi connectivity index (χ0n) is 9.37. The predicted octanol–water partition coefficient (Wildman–Crippen LogP) is 2.13. The summed E-state index contributed by atoms with van der Waals surface area (Å²) in [4.78, 5) is 0. The predicted molar refractivity (Wildman–Crippen MR) is 66.7 cm³/mol. The molecule has 2 rings (SSSR count). The maximum atomic E-state index is 9.10. The van der Waals surface area contributed by atoms with Crippen molar-refractivity contribution in [2.24, 2.45) is 12.8 Å². The molecule has 1 heterocycles. The van der Waals surface area contributed by atoms with E-state index in [4.69, 9.17) is 22.4 Å². The smallest absolute Gasteiger partial charge is 0.0685 e. The van der Waals surface area contributed by atoms with Gasteiger partial charge >= 0.3 is 0 Å². The topological polar surface area (TPSA) is 51.2 Å². The van der Waals surface area contributed by atoms with Gasteiger partial charge in [-0.3, -0.25) is 0 Å². The van der Waals surface area contributed by atoms with E-state index in [-0.39, 0.29) is 12.6 Å². The van der Waals surface area contributed by atoms with E-state index >= 15 is 0 Å². The highest BCUT2D eigenvalue weighted by molar-refractivity contribution is 6.32. The maximum absolute atomic E-state index is 9.10. The van der Waals surface area contributed by atoms with Crippen LogP contribution in [0, 0.1) is 6.92 Å². The molecule has 1 aromatic carbocycles. The molecule has 0 amide bonds. The molecule has 1 atom stereocenters. The Morgan fingerprint density at radius 2 is 2.19 bits per heavy atom. The molecule has 86 valence electrons. The van der Waals surface area contributed by atoms with E-state index in [9.17, 15) is 0 Å². The number of aryl methyl sites for hydroxylation is 2. The van der Waals surface area contributed by atoms with Crippen LogP contribution in [0.5, 0.6) is 0 Å². The van der Waals surface area contributed by atoms with Crippen molar-refractivity contribution in [2.75, 3.05) is 6.61 Å². The van der Waals surface area contributed by atoms with E-state index in [1.807, 2.05) is 36.7 Å². The molecule has 0 radical (unpaired) electrons. The molecule has 0 saturated carbocycles. The minimum Gasteiger partial charge on any atom is -0.394 e. The quantitative estimate of drug-likeness (QED) is 0.842. The maximum Gasteiger partial charge on any atom is 0.0685 e. The highest BCUT2D eigenvalue weighted by Crippen LogP contribution is 2.29. The van der Waals surface area contributed by atoms with E-state index in [1.54, 1.807) is 0 Å². The summed E-state index contributed by atoms with van der Waals surface area (Å²) in [5.74, 6) is 0. The monoisotopic (exact) mass is 238 g/mol. The molecule has 1 unspecified atom stereocenters. The average Bonchev–Trinajstić information content (AvgIpc) is 2.61. The number of nitrogens with zero attached hydrogens (tertiary/aromatic N) is 1. The number of hydrogen-bond acceptors (Lipinski definition) is 2. The van der Waals surface area contributed by atoms with Gasteiger partial charge in [-0.2, -0.15) is 0 Å². The summed E-state index contributed by atoms with van der Waals surface area (Å²) in [5.41, 5.74) is 8.88. The zero-order chi connectivity index (χ0) is 11.9. The molecule has 3 N–H and O–H groups in total. The van der Waals surface area contributed by atoms with Crippen molar-refractivity contribution < 1.29 is 5.11 Å². The number of rotatable bonds is 2. The Labute approximate surface area is 99.4 Å². The Kier molecular flexibility index (Phi) is 2.93. The van der Waals surface area contributed by atoms with Crippen molar-refractivity contribution in [1.82, 2.24) is 4.57 Å². The first-order chi connectivity index (χ1) is 7.56. The Morgan fingerprint density at radius 3 is 2.81 bits per heavy atom. The lowest BCUT2D eigenvalue weighted by molar-refractivity contribution is 0.264. The largest absolute Gasteiger partial charge is 0.394 e. The summed E-state index contributed by atoms with van der Waals surface area (Å²) in [5, 5.41) is 10.9. The van der Waals surface area contributed by atoms with Crippen LogP contribution in [0.3, 0.4) is 0 Å². The molecule has 3 nitrogen and oxygen atoms in total. The molecule has 0 aliphatic carbocycles. The number of halogens is 1. The third-order valence-corrected chi connectivity index (χ3v) is 3.41. The number of benzene rings is 1. The van der Waals surface area contributed by atoms with Crippen molar-refractivity contribution in [3.05, 3.63) is 34.5 Å². The van der Waals surface area contributed by atoms with Crippen LogP contribution in [-0.2, 0) is 7.05 Å². The summed E-state index contributed by atoms with van der Waals surface area (Å²) in [6.45, 7) is 1.93. The van der Waals surface area contributed by atoms with Gasteiger partial charge in [0.05, 0.1) is 18.2 Å². The second-order valence-corrected chi connectivity index (χ2v) is 4.43. The number of aliphatic hydroxyl groups is 1. The number of fused-ring (bicyclic) bond motifs is 1. The molecular weight excluding hydrogens is 224 g/mol. The Morgan fingerprint density at radius 1 is 1.50 bits per heavy atom. The lowest BCUT2D eigenvalue weighted by Gasteiger charge is -2.10. The summed E-state index contributed by atoms with van der Waals surface area (Å²) in [6.07, 6.45) is 0. The third kappa shape index (κ3) is 1.61.